The number of hydrogen-bond donors (Lipinski definition) is 0. The van der Waals surface area contributed by atoms with Crippen molar-refractivity contribution in [1.82, 2.24) is 24.1 Å². The third kappa shape index (κ3) is 5.13. The minimum atomic E-state index is 0.573. The Morgan fingerprint density at radius 2 is 0.839 bits per heavy atom. The number of aromatic nitrogens is 5. The second-order valence-corrected chi connectivity index (χ2v) is 14.0. The third-order valence-corrected chi connectivity index (χ3v) is 10.8. The Balaban J connectivity index is 1.27. The number of rotatable bonds is 6. The molecule has 0 unspecified atom stereocenters. The van der Waals surface area contributed by atoms with E-state index in [1.807, 2.05) is 36.4 Å². The average molecular weight is 716 g/mol. The SMILES string of the molecule is c1ccc(-c2ccc(-c3ccccc3)c(-n3c4ccccc4c4c3ccc3c5ccccc5n(-c5nc(-c6ccccc6)nc(-c6ccccc6)n5)c34)c2)cc1. The Morgan fingerprint density at radius 1 is 0.321 bits per heavy atom. The van der Waals surface area contributed by atoms with E-state index in [1.54, 1.807) is 0 Å². The topological polar surface area (TPSA) is 48.5 Å². The van der Waals surface area contributed by atoms with Gasteiger partial charge in [0.1, 0.15) is 0 Å². The molecule has 0 bridgehead atoms. The summed E-state index contributed by atoms with van der Waals surface area (Å²) in [6.07, 6.45) is 0. The van der Waals surface area contributed by atoms with Gasteiger partial charge in [-0.05, 0) is 41.0 Å². The van der Waals surface area contributed by atoms with Gasteiger partial charge in [0, 0.05) is 38.2 Å². The van der Waals surface area contributed by atoms with Crippen LogP contribution in [0, 0.1) is 0 Å². The molecule has 11 aromatic rings. The van der Waals surface area contributed by atoms with E-state index in [9.17, 15) is 0 Å². The zero-order valence-electron chi connectivity index (χ0n) is 30.3. The van der Waals surface area contributed by atoms with Gasteiger partial charge in [-0.3, -0.25) is 4.57 Å². The summed E-state index contributed by atoms with van der Waals surface area (Å²) in [6.45, 7) is 0. The van der Waals surface area contributed by atoms with E-state index in [1.165, 1.54) is 5.56 Å². The summed E-state index contributed by atoms with van der Waals surface area (Å²) < 4.78 is 4.70. The highest BCUT2D eigenvalue weighted by Gasteiger charge is 2.24. The molecule has 0 saturated carbocycles. The van der Waals surface area contributed by atoms with Crippen LogP contribution in [0.25, 0.3) is 100 Å². The van der Waals surface area contributed by atoms with Crippen LogP contribution in [0.15, 0.2) is 200 Å². The quantitative estimate of drug-likeness (QED) is 0.172. The fourth-order valence-corrected chi connectivity index (χ4v) is 8.26. The van der Waals surface area contributed by atoms with Gasteiger partial charge in [-0.25, -0.2) is 4.98 Å². The van der Waals surface area contributed by atoms with Crippen molar-refractivity contribution in [3.05, 3.63) is 200 Å². The van der Waals surface area contributed by atoms with Crippen molar-refractivity contribution in [1.29, 1.82) is 0 Å². The average Bonchev–Trinajstić information content (AvgIpc) is 3.80. The Bertz CT molecular complexity index is 3160. The third-order valence-electron chi connectivity index (χ3n) is 10.8. The summed E-state index contributed by atoms with van der Waals surface area (Å²) in [5, 5.41) is 4.57. The molecule has 0 aliphatic rings. The van der Waals surface area contributed by atoms with E-state index >= 15 is 0 Å². The molecule has 11 rings (SSSR count). The van der Waals surface area contributed by atoms with Crippen LogP contribution >= 0.6 is 0 Å². The minimum absolute atomic E-state index is 0.573. The molecular formula is C51H33N5. The van der Waals surface area contributed by atoms with Crippen LogP contribution < -0.4 is 0 Å². The van der Waals surface area contributed by atoms with Crippen LogP contribution in [0.1, 0.15) is 0 Å². The molecule has 5 heteroatoms. The maximum Gasteiger partial charge on any atom is 0.238 e. The van der Waals surface area contributed by atoms with Crippen molar-refractivity contribution in [2.45, 2.75) is 0 Å². The Hall–Kier alpha value is -7.63. The highest BCUT2D eigenvalue weighted by Crippen LogP contribution is 2.44. The molecular weight excluding hydrogens is 683 g/mol. The molecule has 0 aliphatic carbocycles. The molecule has 0 amide bonds. The predicted molar refractivity (Wildman–Crippen MR) is 230 cm³/mol. The molecule has 0 N–H and O–H groups in total. The second kappa shape index (κ2) is 13.0. The largest absolute Gasteiger partial charge is 0.309 e. The highest BCUT2D eigenvalue weighted by atomic mass is 15.2. The monoisotopic (exact) mass is 715 g/mol. The zero-order chi connectivity index (χ0) is 37.0. The molecule has 0 spiro atoms. The lowest BCUT2D eigenvalue weighted by atomic mass is 9.98. The molecule has 0 aliphatic heterocycles. The maximum absolute atomic E-state index is 5.26. The van der Waals surface area contributed by atoms with Gasteiger partial charge >= 0.3 is 0 Å². The van der Waals surface area contributed by atoms with E-state index in [0.717, 1.165) is 77.1 Å². The first-order chi connectivity index (χ1) is 27.8. The van der Waals surface area contributed by atoms with Crippen molar-refractivity contribution >= 4 is 43.6 Å². The van der Waals surface area contributed by atoms with Gasteiger partial charge in [0.25, 0.3) is 0 Å². The predicted octanol–water partition coefficient (Wildman–Crippen LogP) is 12.7. The molecule has 56 heavy (non-hydrogen) atoms. The molecule has 3 aromatic heterocycles. The summed E-state index contributed by atoms with van der Waals surface area (Å²) in [7, 11) is 0. The lowest BCUT2D eigenvalue weighted by molar-refractivity contribution is 0.955. The first kappa shape index (κ1) is 31.9. The second-order valence-electron chi connectivity index (χ2n) is 14.0. The molecule has 5 nitrogen and oxygen atoms in total. The van der Waals surface area contributed by atoms with Crippen molar-refractivity contribution in [2.75, 3.05) is 0 Å². The maximum atomic E-state index is 5.26. The number of hydrogen-bond acceptors (Lipinski definition) is 3. The van der Waals surface area contributed by atoms with Crippen molar-refractivity contribution in [3.63, 3.8) is 0 Å². The van der Waals surface area contributed by atoms with Gasteiger partial charge in [-0.15, -0.1) is 0 Å². The minimum Gasteiger partial charge on any atom is -0.309 e. The smallest absolute Gasteiger partial charge is 0.238 e. The molecule has 0 fully saturated rings. The fourth-order valence-electron chi connectivity index (χ4n) is 8.26. The van der Waals surface area contributed by atoms with Crippen molar-refractivity contribution < 1.29 is 0 Å². The Labute approximate surface area is 323 Å². The van der Waals surface area contributed by atoms with E-state index in [-0.39, 0.29) is 0 Å². The standard InChI is InChI=1S/C51H33N5/c1-5-17-34(18-6-1)38-29-30-39(35-19-7-2-8-20-35)46(33-38)55-44-28-16-14-26-42(44)47-45(55)32-31-41-40-25-13-15-27-43(40)56(48(41)47)51-53-49(36-21-9-3-10-22-36)52-50(54-51)37-23-11-4-12-24-37/h1-33H. The normalized spacial score (nSPS) is 11.6. The van der Waals surface area contributed by atoms with Gasteiger partial charge in [-0.2, -0.15) is 9.97 Å². The van der Waals surface area contributed by atoms with Gasteiger partial charge in [-0.1, -0.05) is 176 Å². The number of fused-ring (bicyclic) bond motifs is 7. The lowest BCUT2D eigenvalue weighted by Gasteiger charge is -2.16. The number of nitrogens with zero attached hydrogens (tertiary/aromatic N) is 5. The summed E-state index contributed by atoms with van der Waals surface area (Å²) in [5.41, 5.74) is 12.0. The van der Waals surface area contributed by atoms with Gasteiger partial charge in [0.2, 0.25) is 5.95 Å². The van der Waals surface area contributed by atoms with E-state index in [4.69, 9.17) is 15.0 Å². The number of benzene rings is 8. The van der Waals surface area contributed by atoms with Crippen LogP contribution in [-0.4, -0.2) is 24.1 Å². The lowest BCUT2D eigenvalue weighted by Crippen LogP contribution is -2.06. The fraction of sp³-hybridized carbons (Fsp3) is 0. The molecule has 3 heterocycles. The first-order valence-corrected chi connectivity index (χ1v) is 18.9. The van der Waals surface area contributed by atoms with Crippen LogP contribution in [-0.2, 0) is 0 Å². The summed E-state index contributed by atoms with van der Waals surface area (Å²) in [4.78, 5) is 15.5. The van der Waals surface area contributed by atoms with Gasteiger partial charge in [0.05, 0.1) is 27.8 Å². The molecule has 262 valence electrons. The van der Waals surface area contributed by atoms with Crippen LogP contribution in [0.2, 0.25) is 0 Å². The Morgan fingerprint density at radius 3 is 1.46 bits per heavy atom. The van der Waals surface area contributed by atoms with Crippen LogP contribution in [0.5, 0.6) is 0 Å². The van der Waals surface area contributed by atoms with Crippen molar-refractivity contribution in [2.24, 2.45) is 0 Å². The van der Waals surface area contributed by atoms with E-state index in [0.29, 0.717) is 17.6 Å². The summed E-state index contributed by atoms with van der Waals surface area (Å²) in [6, 6.07) is 70.4. The summed E-state index contributed by atoms with van der Waals surface area (Å²) in [5.74, 6) is 1.82. The summed E-state index contributed by atoms with van der Waals surface area (Å²) >= 11 is 0. The van der Waals surface area contributed by atoms with Gasteiger partial charge < -0.3 is 4.57 Å². The first-order valence-electron chi connectivity index (χ1n) is 18.9. The van der Waals surface area contributed by atoms with E-state index in [2.05, 4.69) is 173 Å². The van der Waals surface area contributed by atoms with Crippen LogP contribution in [0.3, 0.4) is 0 Å². The van der Waals surface area contributed by atoms with Gasteiger partial charge in [0.15, 0.2) is 11.6 Å². The molecule has 0 atom stereocenters. The van der Waals surface area contributed by atoms with Crippen molar-refractivity contribution in [3.8, 4) is 56.7 Å². The number of para-hydroxylation sites is 2. The molecule has 0 saturated heterocycles. The Kier molecular flexibility index (Phi) is 7.42. The molecule has 8 aromatic carbocycles. The zero-order valence-corrected chi connectivity index (χ0v) is 30.3. The highest BCUT2D eigenvalue weighted by molar-refractivity contribution is 6.26. The van der Waals surface area contributed by atoms with Crippen LogP contribution in [0.4, 0.5) is 0 Å². The van der Waals surface area contributed by atoms with E-state index < -0.39 is 0 Å². The molecule has 0 radical (unpaired) electrons.